The molecule has 0 saturated carbocycles. The quantitative estimate of drug-likeness (QED) is 0.791. The van der Waals surface area contributed by atoms with Crippen LogP contribution in [0.15, 0.2) is 24.3 Å². The van der Waals surface area contributed by atoms with Gasteiger partial charge in [-0.25, -0.2) is 0 Å². The lowest BCUT2D eigenvalue weighted by Gasteiger charge is -2.39. The Hall–Kier alpha value is -1.10. The van der Waals surface area contributed by atoms with Gasteiger partial charge in [-0.1, -0.05) is 43.6 Å². The van der Waals surface area contributed by atoms with Gasteiger partial charge in [0.05, 0.1) is 5.41 Å². The Morgan fingerprint density at radius 1 is 1.29 bits per heavy atom. The van der Waals surface area contributed by atoms with Crippen LogP contribution in [0.3, 0.4) is 0 Å². The summed E-state index contributed by atoms with van der Waals surface area (Å²) < 4.78 is 5.55. The van der Waals surface area contributed by atoms with Crippen LogP contribution in [-0.2, 0) is 14.9 Å². The highest BCUT2D eigenvalue weighted by molar-refractivity contribution is 6.31. The Morgan fingerprint density at radius 3 is 2.46 bits per heavy atom. The molecule has 1 fully saturated rings. The molecule has 3 N–H and O–H groups in total. The van der Waals surface area contributed by atoms with Gasteiger partial charge in [0.15, 0.2) is 0 Å². The number of hydrogen-bond acceptors (Lipinski definition) is 3. The van der Waals surface area contributed by atoms with Crippen LogP contribution in [0, 0.1) is 5.41 Å². The van der Waals surface area contributed by atoms with E-state index in [0.717, 1.165) is 36.3 Å². The monoisotopic (exact) mass is 352 g/mol. The topological polar surface area (TPSA) is 64.4 Å². The lowest BCUT2D eigenvalue weighted by atomic mass is 9.73. The number of nitrogens with one attached hydrogen (secondary N) is 1. The molecular formula is C19H29ClN2O2. The molecule has 0 spiro atoms. The van der Waals surface area contributed by atoms with Gasteiger partial charge in [-0.2, -0.15) is 0 Å². The molecule has 24 heavy (non-hydrogen) atoms. The maximum atomic E-state index is 12.8. The first-order chi connectivity index (χ1) is 11.5. The van der Waals surface area contributed by atoms with Gasteiger partial charge in [0.1, 0.15) is 0 Å². The molecule has 1 aliphatic heterocycles. The van der Waals surface area contributed by atoms with Crippen LogP contribution in [0.2, 0.25) is 5.02 Å². The summed E-state index contributed by atoms with van der Waals surface area (Å²) in [7, 11) is 0. The summed E-state index contributed by atoms with van der Waals surface area (Å²) in [6.07, 6.45) is 3.19. The highest BCUT2D eigenvalue weighted by atomic mass is 35.5. The third kappa shape index (κ3) is 3.76. The first-order valence-electron chi connectivity index (χ1n) is 8.85. The van der Waals surface area contributed by atoms with Gasteiger partial charge < -0.3 is 15.8 Å². The van der Waals surface area contributed by atoms with Crippen molar-refractivity contribution in [2.45, 2.75) is 44.9 Å². The Kier molecular flexibility index (Phi) is 6.67. The second-order valence-electron chi connectivity index (χ2n) is 6.75. The van der Waals surface area contributed by atoms with E-state index >= 15 is 0 Å². The molecule has 0 bridgehead atoms. The molecule has 1 heterocycles. The van der Waals surface area contributed by atoms with E-state index in [0.29, 0.717) is 26.3 Å². The van der Waals surface area contributed by atoms with Crippen LogP contribution < -0.4 is 11.1 Å². The van der Waals surface area contributed by atoms with Crippen LogP contribution in [0.25, 0.3) is 0 Å². The number of rotatable bonds is 7. The number of ether oxygens (including phenoxy) is 1. The Bertz CT molecular complexity index is 544. The standard InChI is InChI=1S/C19H29ClN2O2/c1-3-18(4-2,13-21)17(23)22-14-19(9-11-24-12-10-19)15-7-5-6-8-16(15)20/h5-8H,3-4,9-14,21H2,1-2H3,(H,22,23). The van der Waals surface area contributed by atoms with Crippen molar-refractivity contribution in [3.63, 3.8) is 0 Å². The third-order valence-electron chi connectivity index (χ3n) is 5.71. The number of hydrogen-bond donors (Lipinski definition) is 2. The summed E-state index contributed by atoms with van der Waals surface area (Å²) in [6.45, 7) is 6.35. The summed E-state index contributed by atoms with van der Waals surface area (Å²) in [6, 6.07) is 7.92. The highest BCUT2D eigenvalue weighted by Crippen LogP contribution is 2.38. The second kappa shape index (κ2) is 8.32. The number of benzene rings is 1. The molecule has 4 nitrogen and oxygen atoms in total. The first-order valence-corrected chi connectivity index (χ1v) is 9.22. The molecular weight excluding hydrogens is 324 g/mol. The Morgan fingerprint density at radius 2 is 1.92 bits per heavy atom. The zero-order chi connectivity index (χ0) is 17.6. The van der Waals surface area contributed by atoms with E-state index in [9.17, 15) is 4.79 Å². The zero-order valence-corrected chi connectivity index (χ0v) is 15.5. The molecule has 1 aliphatic rings. The lowest BCUT2D eigenvalue weighted by molar-refractivity contribution is -0.131. The molecule has 0 radical (unpaired) electrons. The molecule has 0 aromatic heterocycles. The molecule has 1 saturated heterocycles. The molecule has 1 aromatic carbocycles. The van der Waals surface area contributed by atoms with Gasteiger partial charge in [0.25, 0.3) is 0 Å². The van der Waals surface area contributed by atoms with Crippen molar-refractivity contribution in [2.24, 2.45) is 11.1 Å². The van der Waals surface area contributed by atoms with E-state index in [4.69, 9.17) is 22.1 Å². The van der Waals surface area contributed by atoms with Gasteiger partial charge in [0, 0.05) is 36.7 Å². The molecule has 5 heteroatoms. The van der Waals surface area contributed by atoms with Gasteiger partial charge >= 0.3 is 0 Å². The fraction of sp³-hybridized carbons (Fsp3) is 0.632. The number of amides is 1. The predicted molar refractivity (Wildman–Crippen MR) is 98.3 cm³/mol. The predicted octanol–water partition coefficient (Wildman–Crippen LogP) is 3.27. The molecule has 2 rings (SSSR count). The Balaban J connectivity index is 2.22. The number of halogens is 1. The normalized spacial score (nSPS) is 17.5. The minimum atomic E-state index is -0.479. The smallest absolute Gasteiger partial charge is 0.227 e. The van der Waals surface area contributed by atoms with Crippen LogP contribution >= 0.6 is 11.6 Å². The van der Waals surface area contributed by atoms with Gasteiger partial charge in [-0.05, 0) is 37.3 Å². The van der Waals surface area contributed by atoms with E-state index in [1.807, 2.05) is 32.0 Å². The number of carbonyl (C=O) groups is 1. The summed E-state index contributed by atoms with van der Waals surface area (Å²) >= 11 is 6.46. The maximum absolute atomic E-state index is 12.8. The van der Waals surface area contributed by atoms with Crippen LogP contribution in [-0.4, -0.2) is 32.2 Å². The van der Waals surface area contributed by atoms with E-state index in [2.05, 4.69) is 11.4 Å². The van der Waals surface area contributed by atoms with Gasteiger partial charge in [-0.15, -0.1) is 0 Å². The lowest BCUT2D eigenvalue weighted by Crippen LogP contribution is -2.51. The average molecular weight is 353 g/mol. The summed E-state index contributed by atoms with van der Waals surface area (Å²) in [5.41, 5.74) is 6.35. The van der Waals surface area contributed by atoms with Crippen LogP contribution in [0.5, 0.6) is 0 Å². The van der Waals surface area contributed by atoms with E-state index in [1.54, 1.807) is 0 Å². The minimum absolute atomic E-state index is 0.0490. The molecule has 1 aromatic rings. The summed E-state index contributed by atoms with van der Waals surface area (Å²) in [5, 5.41) is 3.93. The minimum Gasteiger partial charge on any atom is -0.381 e. The fourth-order valence-corrected chi connectivity index (χ4v) is 3.92. The molecule has 0 atom stereocenters. The SMILES string of the molecule is CCC(CC)(CN)C(=O)NCC1(c2ccccc2Cl)CCOCC1. The first kappa shape index (κ1) is 19.2. The molecule has 134 valence electrons. The van der Waals surface area contributed by atoms with Crippen molar-refractivity contribution >= 4 is 17.5 Å². The van der Waals surface area contributed by atoms with Crippen molar-refractivity contribution in [2.75, 3.05) is 26.3 Å². The van der Waals surface area contributed by atoms with Crippen molar-refractivity contribution in [3.05, 3.63) is 34.9 Å². The maximum Gasteiger partial charge on any atom is 0.227 e. The summed E-state index contributed by atoms with van der Waals surface area (Å²) in [4.78, 5) is 12.8. The Labute approximate surface area is 150 Å². The fourth-order valence-electron chi connectivity index (χ4n) is 3.58. The third-order valence-corrected chi connectivity index (χ3v) is 6.04. The number of nitrogens with two attached hydrogens (primary N) is 1. The second-order valence-corrected chi connectivity index (χ2v) is 7.15. The van der Waals surface area contributed by atoms with E-state index < -0.39 is 5.41 Å². The molecule has 1 amide bonds. The largest absolute Gasteiger partial charge is 0.381 e. The van der Waals surface area contributed by atoms with Crippen molar-refractivity contribution < 1.29 is 9.53 Å². The number of carbonyl (C=O) groups excluding carboxylic acids is 1. The van der Waals surface area contributed by atoms with E-state index in [-0.39, 0.29) is 11.3 Å². The van der Waals surface area contributed by atoms with Crippen molar-refractivity contribution in [3.8, 4) is 0 Å². The zero-order valence-electron chi connectivity index (χ0n) is 14.7. The van der Waals surface area contributed by atoms with Crippen LogP contribution in [0.4, 0.5) is 0 Å². The van der Waals surface area contributed by atoms with Crippen molar-refractivity contribution in [1.82, 2.24) is 5.32 Å². The van der Waals surface area contributed by atoms with Crippen molar-refractivity contribution in [1.29, 1.82) is 0 Å². The highest BCUT2D eigenvalue weighted by Gasteiger charge is 2.39. The molecule has 0 aliphatic carbocycles. The van der Waals surface area contributed by atoms with E-state index in [1.165, 1.54) is 0 Å². The summed E-state index contributed by atoms with van der Waals surface area (Å²) in [5.74, 6) is 0.0490. The van der Waals surface area contributed by atoms with Crippen LogP contribution in [0.1, 0.15) is 45.1 Å². The molecule has 0 unspecified atom stereocenters. The van der Waals surface area contributed by atoms with Gasteiger partial charge in [0.2, 0.25) is 5.91 Å². The average Bonchev–Trinajstić information content (AvgIpc) is 2.63. The van der Waals surface area contributed by atoms with Gasteiger partial charge in [-0.3, -0.25) is 4.79 Å².